The molecule has 3 aromatic rings. The van der Waals surface area contributed by atoms with Crippen molar-refractivity contribution in [2.75, 3.05) is 0 Å². The molecule has 0 aliphatic rings. The van der Waals surface area contributed by atoms with Gasteiger partial charge in [-0.3, -0.25) is 0 Å². The Morgan fingerprint density at radius 2 is 1.13 bits per heavy atom. The van der Waals surface area contributed by atoms with Gasteiger partial charge in [-0.25, -0.2) is 0 Å². The Kier molecular flexibility index (Phi) is 4.54. The molecule has 116 valence electrons. The lowest BCUT2D eigenvalue weighted by molar-refractivity contribution is 0.971. The van der Waals surface area contributed by atoms with E-state index in [0.29, 0.717) is 0 Å². The van der Waals surface area contributed by atoms with E-state index in [1.165, 1.54) is 33.4 Å². The molecule has 0 aliphatic heterocycles. The van der Waals surface area contributed by atoms with E-state index in [-0.39, 0.29) is 5.92 Å². The first-order valence-corrected chi connectivity index (χ1v) is 8.31. The highest BCUT2D eigenvalue weighted by atomic mass is 35.5. The van der Waals surface area contributed by atoms with E-state index >= 15 is 0 Å². The van der Waals surface area contributed by atoms with Crippen molar-refractivity contribution >= 4 is 11.6 Å². The summed E-state index contributed by atoms with van der Waals surface area (Å²) in [5.74, 6) is 0.229. The van der Waals surface area contributed by atoms with E-state index in [1.54, 1.807) is 0 Å². The average Bonchev–Trinajstić information content (AvgIpc) is 2.55. The van der Waals surface area contributed by atoms with Crippen molar-refractivity contribution in [3.8, 4) is 0 Å². The van der Waals surface area contributed by atoms with E-state index in [4.69, 9.17) is 11.6 Å². The second kappa shape index (κ2) is 6.60. The fraction of sp³-hybridized carbons (Fsp3) is 0.182. The summed E-state index contributed by atoms with van der Waals surface area (Å²) in [5.41, 5.74) is 7.83. The molecule has 0 aromatic heterocycles. The third kappa shape index (κ3) is 3.48. The molecule has 0 aliphatic carbocycles. The maximum absolute atomic E-state index is 6.08. The first-order valence-electron chi connectivity index (χ1n) is 7.94. The number of aryl methyl sites for hydroxylation is 3. The Morgan fingerprint density at radius 3 is 1.70 bits per heavy atom. The fourth-order valence-electron chi connectivity index (χ4n) is 2.94. The zero-order valence-corrected chi connectivity index (χ0v) is 14.6. The topological polar surface area (TPSA) is 0 Å². The number of halogens is 1. The van der Waals surface area contributed by atoms with Gasteiger partial charge in [0.15, 0.2) is 0 Å². The highest BCUT2D eigenvalue weighted by Crippen LogP contribution is 2.33. The number of benzene rings is 3. The highest BCUT2D eigenvalue weighted by molar-refractivity contribution is 6.30. The molecule has 23 heavy (non-hydrogen) atoms. The molecule has 3 rings (SSSR count). The molecular formula is C22H21Cl. The number of hydrogen-bond donors (Lipinski definition) is 0. The predicted molar refractivity (Wildman–Crippen MR) is 99.5 cm³/mol. The molecule has 0 spiro atoms. The van der Waals surface area contributed by atoms with Gasteiger partial charge in [-0.05, 0) is 60.7 Å². The maximum atomic E-state index is 6.08. The lowest BCUT2D eigenvalue weighted by atomic mass is 9.84. The van der Waals surface area contributed by atoms with Gasteiger partial charge in [0.05, 0.1) is 0 Å². The SMILES string of the molecule is Cc1ccc(C(c2ccc(Cl)cc2)c2ccc(C)c(C)c2)cc1. The molecule has 1 unspecified atom stereocenters. The molecule has 0 N–H and O–H groups in total. The van der Waals surface area contributed by atoms with Gasteiger partial charge in [-0.1, -0.05) is 71.8 Å². The summed E-state index contributed by atoms with van der Waals surface area (Å²) in [7, 11) is 0. The standard InChI is InChI=1S/C22H21Cl/c1-15-4-7-18(8-5-15)22(19-10-12-21(23)13-11-19)20-9-6-16(2)17(3)14-20/h4-14,22H,1-3H3. The van der Waals surface area contributed by atoms with Crippen molar-refractivity contribution in [1.29, 1.82) is 0 Å². The van der Waals surface area contributed by atoms with E-state index < -0.39 is 0 Å². The molecule has 0 amide bonds. The smallest absolute Gasteiger partial charge is 0.0406 e. The van der Waals surface area contributed by atoms with Crippen molar-refractivity contribution in [2.24, 2.45) is 0 Å². The molecule has 0 fully saturated rings. The Labute approximate surface area is 143 Å². The van der Waals surface area contributed by atoms with Gasteiger partial charge in [0.2, 0.25) is 0 Å². The summed E-state index contributed by atoms with van der Waals surface area (Å²) in [4.78, 5) is 0. The summed E-state index contributed by atoms with van der Waals surface area (Å²) >= 11 is 6.08. The fourth-order valence-corrected chi connectivity index (χ4v) is 3.06. The van der Waals surface area contributed by atoms with Crippen LogP contribution in [0.5, 0.6) is 0 Å². The highest BCUT2D eigenvalue weighted by Gasteiger charge is 2.17. The van der Waals surface area contributed by atoms with E-state index in [1.807, 2.05) is 12.1 Å². The van der Waals surface area contributed by atoms with Crippen LogP contribution in [0.25, 0.3) is 0 Å². The summed E-state index contributed by atoms with van der Waals surface area (Å²) in [6, 6.07) is 23.8. The van der Waals surface area contributed by atoms with E-state index in [9.17, 15) is 0 Å². The molecule has 1 atom stereocenters. The van der Waals surface area contributed by atoms with Crippen LogP contribution in [0.15, 0.2) is 66.7 Å². The first kappa shape index (κ1) is 15.8. The van der Waals surface area contributed by atoms with E-state index in [2.05, 4.69) is 75.4 Å². The summed E-state index contributed by atoms with van der Waals surface area (Å²) in [6.07, 6.45) is 0. The van der Waals surface area contributed by atoms with Crippen molar-refractivity contribution in [2.45, 2.75) is 26.7 Å². The Balaban J connectivity index is 2.14. The summed E-state index contributed by atoms with van der Waals surface area (Å²) in [5, 5.41) is 0.775. The normalized spacial score (nSPS) is 12.2. The van der Waals surface area contributed by atoms with Crippen LogP contribution in [0.2, 0.25) is 5.02 Å². The summed E-state index contributed by atoms with van der Waals surface area (Å²) < 4.78 is 0. The Hall–Kier alpha value is -2.05. The Morgan fingerprint density at radius 1 is 0.609 bits per heavy atom. The van der Waals surface area contributed by atoms with Gasteiger partial charge in [0.25, 0.3) is 0 Å². The third-order valence-electron chi connectivity index (χ3n) is 4.48. The average molecular weight is 321 g/mol. The monoisotopic (exact) mass is 320 g/mol. The molecule has 0 saturated heterocycles. The minimum atomic E-state index is 0.229. The van der Waals surface area contributed by atoms with Gasteiger partial charge in [-0.2, -0.15) is 0 Å². The second-order valence-corrected chi connectivity index (χ2v) is 6.68. The van der Waals surface area contributed by atoms with Crippen LogP contribution in [0, 0.1) is 20.8 Å². The van der Waals surface area contributed by atoms with Gasteiger partial charge < -0.3 is 0 Å². The first-order chi connectivity index (χ1) is 11.0. The molecule has 3 aromatic carbocycles. The zero-order valence-electron chi connectivity index (χ0n) is 13.8. The number of hydrogen-bond acceptors (Lipinski definition) is 0. The lowest BCUT2D eigenvalue weighted by Crippen LogP contribution is -2.04. The van der Waals surface area contributed by atoms with Gasteiger partial charge in [0, 0.05) is 10.9 Å². The lowest BCUT2D eigenvalue weighted by Gasteiger charge is -2.20. The van der Waals surface area contributed by atoms with Gasteiger partial charge >= 0.3 is 0 Å². The third-order valence-corrected chi connectivity index (χ3v) is 4.73. The van der Waals surface area contributed by atoms with Gasteiger partial charge in [0.1, 0.15) is 0 Å². The van der Waals surface area contributed by atoms with Crippen LogP contribution < -0.4 is 0 Å². The number of rotatable bonds is 3. The molecule has 0 heterocycles. The molecule has 0 nitrogen and oxygen atoms in total. The minimum absolute atomic E-state index is 0.229. The van der Waals surface area contributed by atoms with Gasteiger partial charge in [-0.15, -0.1) is 0 Å². The predicted octanol–water partition coefficient (Wildman–Crippen LogP) is 6.45. The molecular weight excluding hydrogens is 300 g/mol. The Bertz CT molecular complexity index is 753. The van der Waals surface area contributed by atoms with Crippen molar-refractivity contribution < 1.29 is 0 Å². The van der Waals surface area contributed by atoms with Crippen molar-refractivity contribution in [3.63, 3.8) is 0 Å². The van der Waals surface area contributed by atoms with E-state index in [0.717, 1.165) is 5.02 Å². The van der Waals surface area contributed by atoms with Crippen LogP contribution in [-0.2, 0) is 0 Å². The van der Waals surface area contributed by atoms with Crippen molar-refractivity contribution in [3.05, 3.63) is 105 Å². The van der Waals surface area contributed by atoms with Crippen LogP contribution in [0.4, 0.5) is 0 Å². The van der Waals surface area contributed by atoms with Crippen LogP contribution in [0.3, 0.4) is 0 Å². The molecule has 0 saturated carbocycles. The summed E-state index contributed by atoms with van der Waals surface area (Å²) in [6.45, 7) is 6.45. The largest absolute Gasteiger partial charge is 0.0843 e. The molecule has 0 radical (unpaired) electrons. The van der Waals surface area contributed by atoms with Crippen LogP contribution in [0.1, 0.15) is 39.3 Å². The van der Waals surface area contributed by atoms with Crippen LogP contribution in [-0.4, -0.2) is 0 Å². The minimum Gasteiger partial charge on any atom is -0.0843 e. The second-order valence-electron chi connectivity index (χ2n) is 6.24. The van der Waals surface area contributed by atoms with Crippen LogP contribution >= 0.6 is 11.6 Å². The molecule has 0 bridgehead atoms. The van der Waals surface area contributed by atoms with Crippen molar-refractivity contribution in [1.82, 2.24) is 0 Å². The zero-order chi connectivity index (χ0) is 16.4. The quantitative estimate of drug-likeness (QED) is 0.487. The maximum Gasteiger partial charge on any atom is 0.0406 e. The molecule has 1 heteroatoms.